The third-order valence-electron chi connectivity index (χ3n) is 4.74. The molecule has 3 unspecified atom stereocenters. The lowest BCUT2D eigenvalue weighted by molar-refractivity contribution is -0.0252. The van der Waals surface area contributed by atoms with Gasteiger partial charge in [-0.2, -0.15) is 0 Å². The second-order valence-corrected chi connectivity index (χ2v) is 6.01. The van der Waals surface area contributed by atoms with Gasteiger partial charge in [0.2, 0.25) is 0 Å². The van der Waals surface area contributed by atoms with Crippen LogP contribution in [0.15, 0.2) is 38.5 Å². The molecule has 0 heterocycles. The topological polar surface area (TPSA) is 27.7 Å². The third kappa shape index (κ3) is 5.14. The van der Waals surface area contributed by atoms with Crippen LogP contribution >= 0.6 is 0 Å². The highest BCUT2D eigenvalue weighted by Crippen LogP contribution is 2.40. The molecule has 3 atom stereocenters. The van der Waals surface area contributed by atoms with Crippen LogP contribution in [-0.4, -0.2) is 18.3 Å². The Hall–Kier alpha value is -1.38. The Balaban J connectivity index is 2.78. The van der Waals surface area contributed by atoms with Crippen molar-refractivity contribution in [2.75, 3.05) is 0 Å². The fourth-order valence-corrected chi connectivity index (χ4v) is 3.39. The first-order chi connectivity index (χ1) is 10.0. The fraction of sp³-hybridized carbons (Fsp3) is 0.667. The van der Waals surface area contributed by atoms with E-state index in [4.69, 9.17) is 14.2 Å². The van der Waals surface area contributed by atoms with E-state index in [9.17, 15) is 0 Å². The molecule has 0 spiro atoms. The Bertz CT molecular complexity index is 281. The van der Waals surface area contributed by atoms with Gasteiger partial charge in [0.1, 0.15) is 0 Å². The summed E-state index contributed by atoms with van der Waals surface area (Å²) in [6.07, 6.45) is 8.41. The second kappa shape index (κ2) is 8.81. The monoisotopic (exact) mass is 294 g/mol. The van der Waals surface area contributed by atoms with Gasteiger partial charge in [0.05, 0.1) is 37.1 Å². The van der Waals surface area contributed by atoms with Gasteiger partial charge in [-0.05, 0) is 57.8 Å². The van der Waals surface area contributed by atoms with E-state index in [2.05, 4.69) is 40.5 Å². The van der Waals surface area contributed by atoms with Gasteiger partial charge in [-0.25, -0.2) is 0 Å². The van der Waals surface area contributed by atoms with E-state index in [1.54, 1.807) is 0 Å². The predicted molar refractivity (Wildman–Crippen MR) is 86.6 cm³/mol. The van der Waals surface area contributed by atoms with Crippen LogP contribution in [0.2, 0.25) is 0 Å². The van der Waals surface area contributed by atoms with Crippen molar-refractivity contribution in [1.29, 1.82) is 0 Å². The third-order valence-corrected chi connectivity index (χ3v) is 4.74. The minimum absolute atomic E-state index is 0.166. The van der Waals surface area contributed by atoms with Crippen LogP contribution in [0.5, 0.6) is 0 Å². The van der Waals surface area contributed by atoms with Crippen LogP contribution in [0, 0.1) is 17.8 Å². The van der Waals surface area contributed by atoms with Gasteiger partial charge >= 0.3 is 0 Å². The lowest BCUT2D eigenvalue weighted by Crippen LogP contribution is -2.38. The minimum Gasteiger partial charge on any atom is -0.499 e. The van der Waals surface area contributed by atoms with Crippen molar-refractivity contribution in [3.05, 3.63) is 38.5 Å². The summed E-state index contributed by atoms with van der Waals surface area (Å²) in [5.41, 5.74) is 0. The number of hydrogen-bond donors (Lipinski definition) is 0. The molecule has 0 aromatic carbocycles. The molecule has 0 aliphatic heterocycles. The number of ether oxygens (including phenoxy) is 3. The maximum Gasteiger partial charge on any atom is 0.0978 e. The zero-order valence-electron chi connectivity index (χ0n) is 13.7. The zero-order chi connectivity index (χ0) is 15.8. The van der Waals surface area contributed by atoms with Gasteiger partial charge in [-0.1, -0.05) is 19.7 Å². The standard InChI is InChI=1S/C18H30O3/c1-7-19-13(4)16-10-17(14(5)20-8-2)12-18(11-16)15(6)21-9-3/h7-9,13-18H,1-3,10-12H2,4-6H3. The summed E-state index contributed by atoms with van der Waals surface area (Å²) in [4.78, 5) is 0. The van der Waals surface area contributed by atoms with E-state index < -0.39 is 0 Å². The minimum atomic E-state index is 0.166. The normalized spacial score (nSPS) is 29.6. The molecule has 0 saturated heterocycles. The van der Waals surface area contributed by atoms with Crippen molar-refractivity contribution in [2.45, 2.75) is 58.3 Å². The molecule has 3 nitrogen and oxygen atoms in total. The average Bonchev–Trinajstić information content (AvgIpc) is 2.47. The molecule has 1 saturated carbocycles. The van der Waals surface area contributed by atoms with Crippen LogP contribution < -0.4 is 0 Å². The highest BCUT2D eigenvalue weighted by Gasteiger charge is 2.37. The maximum atomic E-state index is 5.60. The summed E-state index contributed by atoms with van der Waals surface area (Å²) < 4.78 is 16.8. The maximum absolute atomic E-state index is 5.60. The van der Waals surface area contributed by atoms with Gasteiger partial charge in [0.25, 0.3) is 0 Å². The molecule has 1 rings (SSSR count). The lowest BCUT2D eigenvalue weighted by atomic mass is 9.70. The van der Waals surface area contributed by atoms with Gasteiger partial charge < -0.3 is 14.2 Å². The number of hydrogen-bond acceptors (Lipinski definition) is 3. The summed E-state index contributed by atoms with van der Waals surface area (Å²) in [5, 5.41) is 0. The summed E-state index contributed by atoms with van der Waals surface area (Å²) in [6, 6.07) is 0. The van der Waals surface area contributed by atoms with E-state index in [1.165, 1.54) is 18.8 Å². The molecule has 1 aliphatic rings. The predicted octanol–water partition coefficient (Wildman–Crippen LogP) is 4.66. The molecule has 0 N–H and O–H groups in total. The fourth-order valence-electron chi connectivity index (χ4n) is 3.39. The molecule has 0 aromatic rings. The molecular weight excluding hydrogens is 264 g/mol. The van der Waals surface area contributed by atoms with E-state index in [-0.39, 0.29) is 18.3 Å². The Labute approximate surface area is 129 Å². The SMILES string of the molecule is C=COC(C)C1CC(C(C)OC=C)CC(C(C)OC=C)C1. The summed E-state index contributed by atoms with van der Waals surface area (Å²) in [5.74, 6) is 1.45. The van der Waals surface area contributed by atoms with Gasteiger partial charge in [0, 0.05) is 0 Å². The van der Waals surface area contributed by atoms with Crippen molar-refractivity contribution in [3.63, 3.8) is 0 Å². The molecule has 1 fully saturated rings. The summed E-state index contributed by atoms with van der Waals surface area (Å²) in [6.45, 7) is 17.3. The molecule has 3 heteroatoms. The first-order valence-electron chi connectivity index (χ1n) is 7.82. The van der Waals surface area contributed by atoms with Crippen molar-refractivity contribution in [1.82, 2.24) is 0 Å². The highest BCUT2D eigenvalue weighted by atomic mass is 16.5. The Morgan fingerprint density at radius 3 is 1.10 bits per heavy atom. The van der Waals surface area contributed by atoms with Crippen molar-refractivity contribution < 1.29 is 14.2 Å². The first-order valence-corrected chi connectivity index (χ1v) is 7.82. The molecule has 21 heavy (non-hydrogen) atoms. The Kier molecular flexibility index (Phi) is 7.41. The van der Waals surface area contributed by atoms with Gasteiger partial charge in [0.15, 0.2) is 0 Å². The van der Waals surface area contributed by atoms with Crippen LogP contribution in [0.1, 0.15) is 40.0 Å². The molecule has 120 valence electrons. The van der Waals surface area contributed by atoms with E-state index in [0.29, 0.717) is 17.8 Å². The first kappa shape index (κ1) is 17.7. The van der Waals surface area contributed by atoms with Crippen LogP contribution in [-0.2, 0) is 14.2 Å². The average molecular weight is 294 g/mol. The lowest BCUT2D eigenvalue weighted by Gasteiger charge is -2.41. The number of rotatable bonds is 9. The Morgan fingerprint density at radius 1 is 0.667 bits per heavy atom. The van der Waals surface area contributed by atoms with Crippen LogP contribution in [0.25, 0.3) is 0 Å². The summed E-state index contributed by atoms with van der Waals surface area (Å²) in [7, 11) is 0. The molecule has 1 aliphatic carbocycles. The van der Waals surface area contributed by atoms with Gasteiger partial charge in [-0.15, -0.1) is 0 Å². The smallest absolute Gasteiger partial charge is 0.0978 e. The van der Waals surface area contributed by atoms with E-state index in [1.807, 2.05) is 0 Å². The quantitative estimate of drug-likeness (QED) is 0.579. The van der Waals surface area contributed by atoms with Crippen LogP contribution in [0.4, 0.5) is 0 Å². The Morgan fingerprint density at radius 2 is 0.905 bits per heavy atom. The largest absolute Gasteiger partial charge is 0.499 e. The van der Waals surface area contributed by atoms with Crippen LogP contribution in [0.3, 0.4) is 0 Å². The molecule has 0 amide bonds. The van der Waals surface area contributed by atoms with E-state index in [0.717, 1.165) is 19.3 Å². The highest BCUT2D eigenvalue weighted by molar-refractivity contribution is 4.88. The molecular formula is C18H30O3. The van der Waals surface area contributed by atoms with Crippen molar-refractivity contribution >= 4 is 0 Å². The molecule has 0 bridgehead atoms. The van der Waals surface area contributed by atoms with E-state index >= 15 is 0 Å². The molecule has 0 aromatic heterocycles. The second-order valence-electron chi connectivity index (χ2n) is 6.01. The van der Waals surface area contributed by atoms with Crippen molar-refractivity contribution in [3.8, 4) is 0 Å². The van der Waals surface area contributed by atoms with Crippen molar-refractivity contribution in [2.24, 2.45) is 17.8 Å². The summed E-state index contributed by atoms with van der Waals surface area (Å²) >= 11 is 0. The zero-order valence-corrected chi connectivity index (χ0v) is 13.7. The van der Waals surface area contributed by atoms with Gasteiger partial charge in [-0.3, -0.25) is 0 Å². The molecule has 0 radical (unpaired) electrons.